The molecule has 0 amide bonds. The second-order valence-electron chi connectivity index (χ2n) is 7.01. The van der Waals surface area contributed by atoms with Crippen LogP contribution in [0.15, 0.2) is 48.5 Å². The van der Waals surface area contributed by atoms with Gasteiger partial charge in [-0.15, -0.1) is 0 Å². The van der Waals surface area contributed by atoms with E-state index in [1.165, 1.54) is 55.8 Å². The molecule has 130 valence electrons. The fourth-order valence-corrected chi connectivity index (χ4v) is 3.98. The number of hydrogen-bond acceptors (Lipinski definition) is 3. The lowest BCUT2D eigenvalue weighted by Gasteiger charge is -2.45. The Morgan fingerprint density at radius 1 is 0.880 bits per heavy atom. The van der Waals surface area contributed by atoms with E-state index in [4.69, 9.17) is 0 Å². The van der Waals surface area contributed by atoms with Gasteiger partial charge in [0, 0.05) is 42.5 Å². The molecule has 2 aliphatic heterocycles. The zero-order valence-corrected chi connectivity index (χ0v) is 14.3. The van der Waals surface area contributed by atoms with Gasteiger partial charge in [-0.2, -0.15) is 0 Å². The minimum absolute atomic E-state index is 0.0661. The van der Waals surface area contributed by atoms with Crippen molar-refractivity contribution in [3.8, 4) is 0 Å². The Kier molecular flexibility index (Phi) is 4.53. The number of nitrogens with zero attached hydrogens (tertiary/aromatic N) is 2. The van der Waals surface area contributed by atoms with Gasteiger partial charge in [0.25, 0.3) is 0 Å². The van der Waals surface area contributed by atoms with Crippen molar-refractivity contribution in [2.45, 2.75) is 25.3 Å². The van der Waals surface area contributed by atoms with Crippen LogP contribution in [0.3, 0.4) is 0 Å². The topological polar surface area (TPSA) is 23.6 Å². The molecule has 0 N–H and O–H groups in total. The molecule has 2 saturated heterocycles. The molecule has 2 heterocycles. The quantitative estimate of drug-likeness (QED) is 0.797. The summed E-state index contributed by atoms with van der Waals surface area (Å²) in [5.74, 6) is -0.391. The Balaban J connectivity index is 1.46. The summed E-state index contributed by atoms with van der Waals surface area (Å²) in [5, 5.41) is 0. The van der Waals surface area contributed by atoms with Gasteiger partial charge >= 0.3 is 0 Å². The zero-order valence-electron chi connectivity index (χ0n) is 14.3. The van der Waals surface area contributed by atoms with Crippen molar-refractivity contribution in [2.75, 3.05) is 31.1 Å². The van der Waals surface area contributed by atoms with Crippen molar-refractivity contribution in [2.24, 2.45) is 0 Å². The third kappa shape index (κ3) is 3.45. The number of carbonyl (C=O) groups is 1. The molecule has 0 aliphatic carbocycles. The van der Waals surface area contributed by atoms with Crippen molar-refractivity contribution in [3.05, 3.63) is 65.5 Å². The second-order valence-corrected chi connectivity index (χ2v) is 7.01. The van der Waals surface area contributed by atoms with Crippen molar-refractivity contribution in [3.63, 3.8) is 0 Å². The highest BCUT2D eigenvalue weighted by molar-refractivity contribution is 6.09. The summed E-state index contributed by atoms with van der Waals surface area (Å²) < 4.78 is 13.0. The van der Waals surface area contributed by atoms with Crippen molar-refractivity contribution in [1.29, 1.82) is 0 Å². The van der Waals surface area contributed by atoms with Crippen LogP contribution in [0, 0.1) is 5.82 Å². The predicted molar refractivity (Wildman–Crippen MR) is 97.7 cm³/mol. The van der Waals surface area contributed by atoms with Gasteiger partial charge in [-0.05, 0) is 67.9 Å². The number of piperazine rings is 1. The molecule has 3 nitrogen and oxygen atoms in total. The number of benzene rings is 2. The molecule has 0 spiro atoms. The zero-order chi connectivity index (χ0) is 17.2. The van der Waals surface area contributed by atoms with Gasteiger partial charge in [-0.1, -0.05) is 6.42 Å². The number of fused-ring (bicyclic) bond motifs is 1. The van der Waals surface area contributed by atoms with E-state index in [1.54, 1.807) is 0 Å². The van der Waals surface area contributed by atoms with Gasteiger partial charge in [0.05, 0.1) is 0 Å². The Morgan fingerprint density at radius 3 is 2.28 bits per heavy atom. The summed E-state index contributed by atoms with van der Waals surface area (Å²) in [7, 11) is 0. The maximum absolute atomic E-state index is 13.0. The molecule has 0 radical (unpaired) electrons. The maximum atomic E-state index is 13.0. The number of anilines is 1. The fourth-order valence-electron chi connectivity index (χ4n) is 3.98. The average molecular weight is 338 g/mol. The minimum Gasteiger partial charge on any atom is -0.369 e. The summed E-state index contributed by atoms with van der Waals surface area (Å²) in [4.78, 5) is 17.5. The van der Waals surface area contributed by atoms with Crippen LogP contribution in [0.4, 0.5) is 10.1 Å². The monoisotopic (exact) mass is 338 g/mol. The number of halogens is 1. The highest BCUT2D eigenvalue weighted by Gasteiger charge is 2.28. The number of carbonyl (C=O) groups excluding carboxylic acids is 1. The second kappa shape index (κ2) is 6.96. The third-order valence-corrected chi connectivity index (χ3v) is 5.44. The normalized spacial score (nSPS) is 21.0. The van der Waals surface area contributed by atoms with E-state index in [2.05, 4.69) is 9.80 Å². The predicted octanol–water partition coefficient (Wildman–Crippen LogP) is 3.73. The molecular formula is C21H23FN2O. The van der Waals surface area contributed by atoms with Crippen molar-refractivity contribution < 1.29 is 9.18 Å². The van der Waals surface area contributed by atoms with Crippen LogP contribution in [0.1, 0.15) is 35.2 Å². The molecule has 4 heteroatoms. The summed E-state index contributed by atoms with van der Waals surface area (Å²) in [5.41, 5.74) is 2.34. The van der Waals surface area contributed by atoms with E-state index in [0.717, 1.165) is 19.6 Å². The lowest BCUT2D eigenvalue weighted by molar-refractivity contribution is 0.103. The first kappa shape index (κ1) is 16.3. The number of hydrogen-bond donors (Lipinski definition) is 0. The summed E-state index contributed by atoms with van der Waals surface area (Å²) in [6.45, 7) is 4.48. The number of piperidine rings is 1. The van der Waals surface area contributed by atoms with E-state index < -0.39 is 0 Å². The van der Waals surface area contributed by atoms with Gasteiger partial charge < -0.3 is 4.90 Å². The molecule has 0 bridgehead atoms. The van der Waals surface area contributed by atoms with Crippen LogP contribution in [-0.2, 0) is 0 Å². The minimum atomic E-state index is -0.325. The third-order valence-electron chi connectivity index (χ3n) is 5.44. The molecule has 2 fully saturated rings. The van der Waals surface area contributed by atoms with Crippen LogP contribution in [0.5, 0.6) is 0 Å². The van der Waals surface area contributed by atoms with Gasteiger partial charge in [0.2, 0.25) is 0 Å². The van der Waals surface area contributed by atoms with Crippen LogP contribution in [0.25, 0.3) is 0 Å². The first-order valence-electron chi connectivity index (χ1n) is 9.10. The van der Waals surface area contributed by atoms with Crippen molar-refractivity contribution in [1.82, 2.24) is 4.90 Å². The van der Waals surface area contributed by atoms with Gasteiger partial charge in [0.15, 0.2) is 5.78 Å². The Bertz CT molecular complexity index is 741. The molecule has 2 aromatic carbocycles. The van der Waals surface area contributed by atoms with Crippen LogP contribution in [0.2, 0.25) is 0 Å². The van der Waals surface area contributed by atoms with Crippen LogP contribution >= 0.6 is 0 Å². The van der Waals surface area contributed by atoms with Crippen LogP contribution in [-0.4, -0.2) is 42.9 Å². The highest BCUT2D eigenvalue weighted by Crippen LogP contribution is 2.25. The van der Waals surface area contributed by atoms with Gasteiger partial charge in [0.1, 0.15) is 5.82 Å². The smallest absolute Gasteiger partial charge is 0.193 e. The SMILES string of the molecule is O=C(c1ccc(F)cc1)c1ccc(N2CCN3CCCC[C@@H]3C2)cc1. The Morgan fingerprint density at radius 2 is 1.56 bits per heavy atom. The Labute approximate surface area is 148 Å². The lowest BCUT2D eigenvalue weighted by Crippen LogP contribution is -2.54. The molecule has 4 rings (SSSR count). The van der Waals surface area contributed by atoms with E-state index in [9.17, 15) is 9.18 Å². The largest absolute Gasteiger partial charge is 0.369 e. The number of rotatable bonds is 3. The first-order chi connectivity index (χ1) is 12.2. The Hall–Kier alpha value is -2.20. The summed E-state index contributed by atoms with van der Waals surface area (Å²) in [6, 6.07) is 14.2. The molecule has 25 heavy (non-hydrogen) atoms. The standard InChI is InChI=1S/C21H23FN2O/c22-18-8-4-16(5-9-18)21(25)17-6-10-19(11-7-17)24-14-13-23-12-2-1-3-20(23)15-24/h4-11,20H,1-3,12-15H2/t20-/m1/s1. The summed E-state index contributed by atoms with van der Waals surface area (Å²) >= 11 is 0. The molecule has 0 unspecified atom stereocenters. The molecular weight excluding hydrogens is 315 g/mol. The number of ketones is 1. The van der Waals surface area contributed by atoms with E-state index in [0.29, 0.717) is 17.2 Å². The van der Waals surface area contributed by atoms with Gasteiger partial charge in [-0.25, -0.2) is 4.39 Å². The van der Waals surface area contributed by atoms with Crippen molar-refractivity contribution >= 4 is 11.5 Å². The maximum Gasteiger partial charge on any atom is 0.193 e. The molecule has 0 saturated carbocycles. The average Bonchev–Trinajstić information content (AvgIpc) is 2.68. The molecule has 2 aliphatic rings. The molecule has 0 aromatic heterocycles. The van der Waals surface area contributed by atoms with E-state index in [-0.39, 0.29) is 11.6 Å². The molecule has 2 aromatic rings. The van der Waals surface area contributed by atoms with E-state index in [1.807, 2.05) is 24.3 Å². The first-order valence-corrected chi connectivity index (χ1v) is 9.10. The van der Waals surface area contributed by atoms with E-state index >= 15 is 0 Å². The highest BCUT2D eigenvalue weighted by atomic mass is 19.1. The fraction of sp³-hybridized carbons (Fsp3) is 0.381. The van der Waals surface area contributed by atoms with Gasteiger partial charge in [-0.3, -0.25) is 9.69 Å². The van der Waals surface area contributed by atoms with Crippen LogP contribution < -0.4 is 4.90 Å². The summed E-state index contributed by atoms with van der Waals surface area (Å²) in [6.07, 6.45) is 3.95. The lowest BCUT2D eigenvalue weighted by atomic mass is 9.98. The molecule has 1 atom stereocenters.